The summed E-state index contributed by atoms with van der Waals surface area (Å²) in [6.45, 7) is 0. The van der Waals surface area contributed by atoms with Crippen LogP contribution in [-0.4, -0.2) is 50.4 Å². The lowest BCUT2D eigenvalue weighted by molar-refractivity contribution is -0.138. The Labute approximate surface area is 204 Å². The number of rotatable bonds is 1. The van der Waals surface area contributed by atoms with Crippen LogP contribution in [0.3, 0.4) is 0 Å². The number of hydrogen-bond acceptors (Lipinski definition) is 6. The van der Waals surface area contributed by atoms with Crippen molar-refractivity contribution >= 4 is 46.8 Å². The molecule has 0 unspecified atom stereocenters. The Balaban J connectivity index is 1.53. The van der Waals surface area contributed by atoms with E-state index in [0.29, 0.717) is 35.3 Å². The Morgan fingerprint density at radius 2 is 1.88 bits per heavy atom. The van der Waals surface area contributed by atoms with E-state index in [1.807, 2.05) is 6.08 Å². The molecule has 10 heteroatoms. The zero-order valence-corrected chi connectivity index (χ0v) is 19.5. The van der Waals surface area contributed by atoms with Crippen molar-refractivity contribution in [3.05, 3.63) is 47.2 Å². The van der Waals surface area contributed by atoms with E-state index in [9.17, 15) is 24.3 Å². The van der Waals surface area contributed by atoms with Crippen LogP contribution in [0.15, 0.2) is 41.7 Å². The van der Waals surface area contributed by atoms with Crippen molar-refractivity contribution < 1.29 is 29.0 Å². The number of fused-ring (bicyclic) bond motifs is 5. The van der Waals surface area contributed by atoms with Crippen molar-refractivity contribution in [2.24, 2.45) is 23.7 Å². The molecule has 2 aliphatic carbocycles. The van der Waals surface area contributed by atoms with Gasteiger partial charge in [-0.1, -0.05) is 11.6 Å². The fourth-order valence-electron chi connectivity index (χ4n) is 6.47. The molecule has 2 N–H and O–H groups in total. The van der Waals surface area contributed by atoms with Gasteiger partial charge in [-0.3, -0.25) is 29.4 Å². The monoisotopic (exact) mass is 502 g/mol. The van der Waals surface area contributed by atoms with Crippen molar-refractivity contribution in [1.29, 1.82) is 0 Å². The molecule has 0 bridgehead atoms. The number of imide groups is 2. The molecule has 1 aromatic carbocycles. The third-order valence-electron chi connectivity index (χ3n) is 8.00. The second kappa shape index (κ2) is 6.86. The Hall–Kier alpha value is -2.84. The van der Waals surface area contributed by atoms with Gasteiger partial charge in [-0.25, -0.2) is 0 Å². The third-order valence-corrected chi connectivity index (χ3v) is 9.42. The Morgan fingerprint density at radius 3 is 2.65 bits per heavy atom. The molecule has 0 spiro atoms. The molecule has 4 amide bonds. The molecule has 2 saturated heterocycles. The summed E-state index contributed by atoms with van der Waals surface area (Å²) in [5.74, 6) is -4.00. The highest BCUT2D eigenvalue weighted by Crippen LogP contribution is 2.64. The van der Waals surface area contributed by atoms with Crippen LogP contribution >= 0.6 is 23.2 Å². The van der Waals surface area contributed by atoms with Gasteiger partial charge < -0.3 is 9.84 Å². The summed E-state index contributed by atoms with van der Waals surface area (Å²) < 4.78 is 5.82. The molecule has 1 saturated carbocycles. The Bertz CT molecular complexity index is 1270. The molecule has 3 fully saturated rings. The smallest absolute Gasteiger partial charge is 0.253 e. The highest BCUT2D eigenvalue weighted by molar-refractivity contribution is 6.53. The van der Waals surface area contributed by atoms with Crippen LogP contribution in [0.25, 0.3) is 0 Å². The minimum atomic E-state index is -1.84. The Morgan fingerprint density at radius 1 is 1.12 bits per heavy atom. The van der Waals surface area contributed by atoms with Crippen LogP contribution in [0.5, 0.6) is 11.5 Å². The second-order valence-corrected chi connectivity index (χ2v) is 10.9. The van der Waals surface area contributed by atoms with Crippen molar-refractivity contribution in [1.82, 2.24) is 10.2 Å². The van der Waals surface area contributed by atoms with Gasteiger partial charge in [-0.05, 0) is 42.5 Å². The maximum atomic E-state index is 13.5. The number of hydrogen-bond donors (Lipinski definition) is 2. The molecule has 3 heterocycles. The van der Waals surface area contributed by atoms with Crippen molar-refractivity contribution in [2.45, 2.75) is 29.0 Å². The summed E-state index contributed by atoms with van der Waals surface area (Å²) in [6, 6.07) is 4.72. The van der Waals surface area contributed by atoms with Crippen LogP contribution in [0.4, 0.5) is 0 Å². The Kier molecular flexibility index (Phi) is 4.37. The van der Waals surface area contributed by atoms with Gasteiger partial charge in [0, 0.05) is 24.9 Å². The predicted octanol–water partition coefficient (Wildman–Crippen LogP) is 2.02. The fraction of sp³-hybridized carbons (Fsp3) is 0.417. The molecule has 6 rings (SSSR count). The molecule has 6 atom stereocenters. The minimum absolute atomic E-state index is 0.0390. The number of nitrogens with one attached hydrogen (secondary N) is 1. The molecule has 0 radical (unpaired) electrons. The molecular formula is C24H20Cl2N2O6. The standard InChI is InChI=1S/C24H20Cl2N2O6/c1-28-21(32)23(25)8-15-13(3-4-14-17(15)20(31)27-19(14)30)18(24(23,26)22(28)33)11-6-10-7-12(29)2-5-16(10)34-9-11/h2-3,5,7,9,14-15,17-18,29H,4,6,8H2,1H3,(H,27,30,31)/t14-,15+,17-,18-,23+,24-/m0/s1. The lowest BCUT2D eigenvalue weighted by atomic mass is 9.56. The molecule has 176 valence electrons. The molecular weight excluding hydrogens is 483 g/mol. The molecule has 0 aromatic heterocycles. The summed E-state index contributed by atoms with van der Waals surface area (Å²) in [6.07, 6.45) is 3.95. The van der Waals surface area contributed by atoms with Gasteiger partial charge in [0.05, 0.1) is 18.1 Å². The third kappa shape index (κ3) is 2.50. The number of phenols is 1. The largest absolute Gasteiger partial charge is 0.508 e. The average molecular weight is 503 g/mol. The van der Waals surface area contributed by atoms with Gasteiger partial charge in [0.15, 0.2) is 9.75 Å². The molecule has 5 aliphatic rings. The summed E-state index contributed by atoms with van der Waals surface area (Å²) in [5, 5.41) is 12.4. The van der Waals surface area contributed by atoms with Gasteiger partial charge in [-0.15, -0.1) is 23.2 Å². The number of likely N-dealkylation sites (tertiary alicyclic amines) is 1. The van der Waals surface area contributed by atoms with E-state index in [2.05, 4.69) is 5.32 Å². The van der Waals surface area contributed by atoms with Gasteiger partial charge in [0.25, 0.3) is 11.8 Å². The van der Waals surface area contributed by atoms with Crippen LogP contribution in [-0.2, 0) is 25.6 Å². The first-order chi connectivity index (χ1) is 16.1. The number of ether oxygens (including phenoxy) is 1. The fourth-order valence-corrected chi connectivity index (χ4v) is 7.50. The zero-order chi connectivity index (χ0) is 24.2. The van der Waals surface area contributed by atoms with Gasteiger partial charge in [0.1, 0.15) is 11.5 Å². The first kappa shape index (κ1) is 21.7. The number of aromatic hydroxyl groups is 1. The summed E-state index contributed by atoms with van der Waals surface area (Å²) in [5.41, 5.74) is 2.01. The number of phenolic OH excluding ortho intramolecular Hbond substituents is 1. The maximum absolute atomic E-state index is 13.5. The second-order valence-electron chi connectivity index (χ2n) is 9.63. The summed E-state index contributed by atoms with van der Waals surface area (Å²) >= 11 is 14.1. The van der Waals surface area contributed by atoms with Gasteiger partial charge >= 0.3 is 0 Å². The maximum Gasteiger partial charge on any atom is 0.253 e. The van der Waals surface area contributed by atoms with E-state index >= 15 is 0 Å². The quantitative estimate of drug-likeness (QED) is 0.345. The van der Waals surface area contributed by atoms with Crippen LogP contribution in [0.2, 0.25) is 0 Å². The van der Waals surface area contributed by atoms with Gasteiger partial charge in [0.2, 0.25) is 11.8 Å². The molecule has 8 nitrogen and oxygen atoms in total. The number of nitrogens with zero attached hydrogens (tertiary/aromatic N) is 1. The highest BCUT2D eigenvalue weighted by Gasteiger charge is 2.75. The number of alkyl halides is 2. The number of carbonyl (C=O) groups excluding carboxylic acids is 4. The van der Waals surface area contributed by atoms with E-state index < -0.39 is 51.1 Å². The molecule has 1 aromatic rings. The first-order valence-corrected chi connectivity index (χ1v) is 11.8. The lowest BCUT2D eigenvalue weighted by Gasteiger charge is -2.51. The first-order valence-electron chi connectivity index (χ1n) is 11.0. The van der Waals surface area contributed by atoms with Crippen LogP contribution < -0.4 is 10.1 Å². The van der Waals surface area contributed by atoms with E-state index in [1.54, 1.807) is 12.1 Å². The lowest BCUT2D eigenvalue weighted by Crippen LogP contribution is -2.61. The van der Waals surface area contributed by atoms with E-state index in [0.717, 1.165) is 4.90 Å². The summed E-state index contributed by atoms with van der Waals surface area (Å²) in [4.78, 5) is 49.2. The van der Waals surface area contributed by atoms with Crippen LogP contribution in [0, 0.1) is 23.7 Å². The van der Waals surface area contributed by atoms with Crippen molar-refractivity contribution in [3.8, 4) is 11.5 Å². The minimum Gasteiger partial charge on any atom is -0.508 e. The average Bonchev–Trinajstić information content (AvgIpc) is 3.16. The highest BCUT2D eigenvalue weighted by atomic mass is 35.5. The molecule has 34 heavy (non-hydrogen) atoms. The van der Waals surface area contributed by atoms with Crippen LogP contribution in [0.1, 0.15) is 18.4 Å². The predicted molar refractivity (Wildman–Crippen MR) is 120 cm³/mol. The van der Waals surface area contributed by atoms with E-state index in [4.69, 9.17) is 27.9 Å². The van der Waals surface area contributed by atoms with E-state index in [1.165, 1.54) is 19.4 Å². The molecule has 3 aliphatic heterocycles. The van der Waals surface area contributed by atoms with Crippen molar-refractivity contribution in [2.75, 3.05) is 7.05 Å². The summed E-state index contributed by atoms with van der Waals surface area (Å²) in [7, 11) is 1.35. The van der Waals surface area contributed by atoms with Gasteiger partial charge in [-0.2, -0.15) is 0 Å². The van der Waals surface area contributed by atoms with E-state index in [-0.39, 0.29) is 18.1 Å². The number of halogens is 2. The normalized spacial score (nSPS) is 38.3. The zero-order valence-electron chi connectivity index (χ0n) is 18.0. The number of amides is 4. The topological polar surface area (TPSA) is 113 Å². The number of carbonyl (C=O) groups is 4. The number of allylic oxidation sites excluding steroid dienone is 3. The number of benzene rings is 1. The van der Waals surface area contributed by atoms with Crippen molar-refractivity contribution in [3.63, 3.8) is 0 Å². The SMILES string of the molecule is CN1C(=O)[C@]2(Cl)C[C@@H]3C(=CC[C@@H]4C(=O)NC(=O)[C@@H]43)[C@H](C3=COc4ccc(O)cc4C3)[C@]2(Cl)C1=O.